The second kappa shape index (κ2) is 6.78. The molecule has 1 aromatic rings. The van der Waals surface area contributed by atoms with Gasteiger partial charge in [0.2, 0.25) is 0 Å². The molecule has 1 saturated heterocycles. The summed E-state index contributed by atoms with van der Waals surface area (Å²) in [6, 6.07) is 6.04. The molecule has 0 spiro atoms. The number of carbonyl (C=O) groups excluding carboxylic acids is 1. The van der Waals surface area contributed by atoms with Crippen molar-refractivity contribution in [2.75, 3.05) is 13.1 Å². The van der Waals surface area contributed by atoms with Gasteiger partial charge in [0.05, 0.1) is 6.54 Å². The topological polar surface area (TPSA) is 46.3 Å². The number of amides is 1. The Morgan fingerprint density at radius 2 is 2.19 bits per heavy atom. The molecule has 3 nitrogen and oxygen atoms in total. The Morgan fingerprint density at radius 1 is 1.43 bits per heavy atom. The lowest BCUT2D eigenvalue weighted by Crippen LogP contribution is -2.46. The van der Waals surface area contributed by atoms with E-state index in [1.807, 2.05) is 30.0 Å². The monoisotopic (exact) mass is 284 g/mol. The fraction of sp³-hybridized carbons (Fsp3) is 0.500. The first-order valence-electron chi connectivity index (χ1n) is 7.65. The molecule has 2 rings (SSSR count). The van der Waals surface area contributed by atoms with Crippen molar-refractivity contribution in [1.82, 2.24) is 4.90 Å². The number of nitrogens with two attached hydrogens (primary N) is 1. The zero-order valence-corrected chi connectivity index (χ0v) is 13.1. The summed E-state index contributed by atoms with van der Waals surface area (Å²) in [6.45, 7) is 7.52. The third-order valence-electron chi connectivity index (χ3n) is 4.52. The van der Waals surface area contributed by atoms with Crippen molar-refractivity contribution in [2.24, 2.45) is 11.7 Å². The van der Waals surface area contributed by atoms with Crippen LogP contribution in [0.25, 0.3) is 0 Å². The van der Waals surface area contributed by atoms with Gasteiger partial charge in [-0.15, -0.1) is 0 Å². The average molecular weight is 284 g/mol. The van der Waals surface area contributed by atoms with Crippen molar-refractivity contribution in [3.63, 3.8) is 0 Å². The van der Waals surface area contributed by atoms with Crippen LogP contribution in [0, 0.1) is 24.7 Å². The summed E-state index contributed by atoms with van der Waals surface area (Å²) < 4.78 is 0. The molecule has 2 N–H and O–H groups in total. The number of piperidine rings is 1. The molecule has 1 heterocycles. The van der Waals surface area contributed by atoms with Crippen LogP contribution in [-0.4, -0.2) is 29.9 Å². The van der Waals surface area contributed by atoms with Crippen LogP contribution in [0.2, 0.25) is 0 Å². The molecule has 0 saturated carbocycles. The molecule has 21 heavy (non-hydrogen) atoms. The minimum atomic E-state index is 0.128. The van der Waals surface area contributed by atoms with Gasteiger partial charge in [0.25, 0.3) is 5.91 Å². The molecule has 1 amide bonds. The number of carbonyl (C=O) groups is 1. The Bertz CT molecular complexity index is 583. The normalized spacial score (nSPS) is 21.6. The Morgan fingerprint density at radius 3 is 2.90 bits per heavy atom. The summed E-state index contributed by atoms with van der Waals surface area (Å²) in [7, 11) is 0. The van der Waals surface area contributed by atoms with Gasteiger partial charge in [-0.2, -0.15) is 0 Å². The van der Waals surface area contributed by atoms with Gasteiger partial charge in [0.1, 0.15) is 0 Å². The van der Waals surface area contributed by atoms with Crippen LogP contribution in [0.3, 0.4) is 0 Å². The van der Waals surface area contributed by atoms with Gasteiger partial charge in [0, 0.05) is 23.7 Å². The van der Waals surface area contributed by atoms with Crippen LogP contribution in [0.4, 0.5) is 0 Å². The summed E-state index contributed by atoms with van der Waals surface area (Å²) in [5, 5.41) is 0. The predicted octanol–water partition coefficient (Wildman–Crippen LogP) is 2.57. The molecule has 0 radical (unpaired) electrons. The van der Waals surface area contributed by atoms with Crippen LogP contribution in [0.5, 0.6) is 0 Å². The Labute approximate surface area is 127 Å². The van der Waals surface area contributed by atoms with Crippen molar-refractivity contribution >= 4 is 5.91 Å². The van der Waals surface area contributed by atoms with Crippen molar-refractivity contribution < 1.29 is 4.79 Å². The van der Waals surface area contributed by atoms with Gasteiger partial charge in [-0.25, -0.2) is 0 Å². The molecule has 2 unspecified atom stereocenters. The van der Waals surface area contributed by atoms with E-state index in [1.165, 1.54) is 6.42 Å². The van der Waals surface area contributed by atoms with Crippen molar-refractivity contribution in [2.45, 2.75) is 39.7 Å². The molecule has 0 aliphatic carbocycles. The molecule has 1 aliphatic heterocycles. The first kappa shape index (κ1) is 15.6. The molecular weight excluding hydrogens is 260 g/mol. The van der Waals surface area contributed by atoms with E-state index in [1.54, 1.807) is 0 Å². The number of hydrogen-bond donors (Lipinski definition) is 1. The Kier molecular flexibility index (Phi) is 5.03. The number of likely N-dealkylation sites (tertiary alicyclic amines) is 1. The van der Waals surface area contributed by atoms with E-state index < -0.39 is 0 Å². The Hall–Kier alpha value is -1.79. The summed E-state index contributed by atoms with van der Waals surface area (Å²) in [5.74, 6) is 6.59. The minimum Gasteiger partial charge on any atom is -0.336 e. The molecule has 0 aromatic heterocycles. The largest absolute Gasteiger partial charge is 0.336 e. The summed E-state index contributed by atoms with van der Waals surface area (Å²) in [4.78, 5) is 14.9. The smallest absolute Gasteiger partial charge is 0.254 e. The standard InChI is InChI=1S/C18H24N2O/c1-13-7-6-12-20(15(13)3)18(21)17-10-4-8-16(14(17)2)9-5-11-19/h4,8,10,13,15H,6-7,11-12,19H2,1-3H3. The number of rotatable bonds is 1. The second-order valence-electron chi connectivity index (χ2n) is 5.84. The predicted molar refractivity (Wildman–Crippen MR) is 86.0 cm³/mol. The van der Waals surface area contributed by atoms with E-state index in [9.17, 15) is 4.79 Å². The highest BCUT2D eigenvalue weighted by Crippen LogP contribution is 2.25. The zero-order valence-electron chi connectivity index (χ0n) is 13.1. The minimum absolute atomic E-state index is 0.128. The number of benzene rings is 1. The second-order valence-corrected chi connectivity index (χ2v) is 5.84. The molecular formula is C18H24N2O. The van der Waals surface area contributed by atoms with E-state index in [-0.39, 0.29) is 5.91 Å². The first-order valence-corrected chi connectivity index (χ1v) is 7.65. The maximum atomic E-state index is 12.9. The van der Waals surface area contributed by atoms with Gasteiger partial charge >= 0.3 is 0 Å². The van der Waals surface area contributed by atoms with E-state index in [0.717, 1.165) is 29.7 Å². The van der Waals surface area contributed by atoms with Gasteiger partial charge in [-0.3, -0.25) is 4.79 Å². The highest BCUT2D eigenvalue weighted by atomic mass is 16.2. The van der Waals surface area contributed by atoms with Crippen LogP contribution in [-0.2, 0) is 0 Å². The lowest BCUT2D eigenvalue weighted by Gasteiger charge is -2.38. The molecule has 1 aromatic carbocycles. The molecule has 112 valence electrons. The lowest BCUT2D eigenvalue weighted by atomic mass is 9.91. The number of hydrogen-bond acceptors (Lipinski definition) is 2. The maximum Gasteiger partial charge on any atom is 0.254 e. The van der Waals surface area contributed by atoms with E-state index in [2.05, 4.69) is 25.7 Å². The van der Waals surface area contributed by atoms with Crippen LogP contribution >= 0.6 is 0 Å². The van der Waals surface area contributed by atoms with E-state index in [4.69, 9.17) is 5.73 Å². The van der Waals surface area contributed by atoms with Gasteiger partial charge < -0.3 is 10.6 Å². The molecule has 1 aliphatic rings. The van der Waals surface area contributed by atoms with E-state index in [0.29, 0.717) is 18.5 Å². The van der Waals surface area contributed by atoms with E-state index >= 15 is 0 Å². The average Bonchev–Trinajstić information content (AvgIpc) is 2.48. The van der Waals surface area contributed by atoms with Crippen LogP contribution < -0.4 is 5.73 Å². The van der Waals surface area contributed by atoms with Crippen LogP contribution in [0.15, 0.2) is 18.2 Å². The fourth-order valence-electron chi connectivity index (χ4n) is 2.93. The molecule has 0 bridgehead atoms. The molecule has 1 fully saturated rings. The van der Waals surface area contributed by atoms with Gasteiger partial charge in [-0.1, -0.05) is 24.8 Å². The van der Waals surface area contributed by atoms with Crippen LogP contribution in [0.1, 0.15) is 48.2 Å². The summed E-state index contributed by atoms with van der Waals surface area (Å²) in [6.07, 6.45) is 2.29. The Balaban J connectivity index is 2.31. The first-order chi connectivity index (χ1) is 10.1. The van der Waals surface area contributed by atoms with Crippen molar-refractivity contribution in [3.05, 3.63) is 34.9 Å². The molecule has 2 atom stereocenters. The summed E-state index contributed by atoms with van der Waals surface area (Å²) in [5.41, 5.74) is 8.03. The third kappa shape index (κ3) is 3.28. The third-order valence-corrected chi connectivity index (χ3v) is 4.52. The summed E-state index contributed by atoms with van der Waals surface area (Å²) >= 11 is 0. The lowest BCUT2D eigenvalue weighted by molar-refractivity contribution is 0.0550. The number of nitrogens with zero attached hydrogens (tertiary/aromatic N) is 1. The maximum absolute atomic E-state index is 12.9. The van der Waals surface area contributed by atoms with Crippen molar-refractivity contribution in [3.8, 4) is 11.8 Å². The van der Waals surface area contributed by atoms with Gasteiger partial charge in [0.15, 0.2) is 0 Å². The van der Waals surface area contributed by atoms with Crippen molar-refractivity contribution in [1.29, 1.82) is 0 Å². The highest BCUT2D eigenvalue weighted by Gasteiger charge is 2.29. The molecule has 3 heteroatoms. The zero-order chi connectivity index (χ0) is 15.4. The highest BCUT2D eigenvalue weighted by molar-refractivity contribution is 5.96. The fourth-order valence-corrected chi connectivity index (χ4v) is 2.93. The SMILES string of the molecule is Cc1c(C#CCN)cccc1C(=O)N1CCCC(C)C1C. The van der Waals surface area contributed by atoms with Gasteiger partial charge in [-0.05, 0) is 50.3 Å². The quantitative estimate of drug-likeness (QED) is 0.806.